The largest absolute Gasteiger partial charge is 0.480 e. The number of hydrogen-bond acceptors (Lipinski definition) is 4. The second kappa shape index (κ2) is 5.75. The van der Waals surface area contributed by atoms with Gasteiger partial charge in [-0.25, -0.2) is 9.59 Å². The highest BCUT2D eigenvalue weighted by Gasteiger charge is 2.43. The minimum absolute atomic E-state index is 0.208. The van der Waals surface area contributed by atoms with E-state index in [2.05, 4.69) is 5.32 Å². The van der Waals surface area contributed by atoms with Crippen LogP contribution in [-0.4, -0.2) is 65.1 Å². The number of carboxylic acid groups (broad SMARTS) is 1. The van der Waals surface area contributed by atoms with E-state index < -0.39 is 23.1 Å². The number of aliphatic hydroxyl groups is 1. The molecule has 7 heteroatoms. The van der Waals surface area contributed by atoms with Crippen molar-refractivity contribution >= 4 is 12.0 Å². The van der Waals surface area contributed by atoms with Crippen molar-refractivity contribution in [3.63, 3.8) is 0 Å². The molecular weight excluding hydrogens is 252 g/mol. The van der Waals surface area contributed by atoms with Crippen molar-refractivity contribution in [1.82, 2.24) is 10.2 Å². The predicted octanol–water partition coefficient (Wildman–Crippen LogP) is 0.0325. The molecule has 19 heavy (non-hydrogen) atoms. The van der Waals surface area contributed by atoms with Gasteiger partial charge in [-0.3, -0.25) is 0 Å². The summed E-state index contributed by atoms with van der Waals surface area (Å²) in [7, 11) is 1.53. The molecule has 0 unspecified atom stereocenters. The Hall–Kier alpha value is -1.34. The van der Waals surface area contributed by atoms with Crippen LogP contribution in [0.2, 0.25) is 0 Å². The number of carbonyl (C=O) groups excluding carboxylic acids is 1. The van der Waals surface area contributed by atoms with E-state index in [9.17, 15) is 19.8 Å². The second-order valence-corrected chi connectivity index (χ2v) is 5.46. The first kappa shape index (κ1) is 15.7. The molecule has 0 aliphatic carbocycles. The van der Waals surface area contributed by atoms with Crippen molar-refractivity contribution in [3.8, 4) is 0 Å². The number of urea groups is 1. The van der Waals surface area contributed by atoms with Gasteiger partial charge in [-0.15, -0.1) is 0 Å². The fourth-order valence-electron chi connectivity index (χ4n) is 1.78. The summed E-state index contributed by atoms with van der Waals surface area (Å²) in [6, 6.07) is -0.511. The topological polar surface area (TPSA) is 99.1 Å². The lowest BCUT2D eigenvalue weighted by molar-refractivity contribution is -0.148. The van der Waals surface area contributed by atoms with Gasteiger partial charge in [0.25, 0.3) is 0 Å². The van der Waals surface area contributed by atoms with E-state index in [1.54, 1.807) is 13.8 Å². The summed E-state index contributed by atoms with van der Waals surface area (Å²) in [5, 5.41) is 21.1. The summed E-state index contributed by atoms with van der Waals surface area (Å²) in [5.41, 5.74) is -2.04. The van der Waals surface area contributed by atoms with E-state index in [1.165, 1.54) is 11.9 Å². The summed E-state index contributed by atoms with van der Waals surface area (Å²) in [6.45, 7) is 3.80. The van der Waals surface area contributed by atoms with Crippen LogP contribution in [0.15, 0.2) is 0 Å². The van der Waals surface area contributed by atoms with Crippen molar-refractivity contribution in [2.24, 2.45) is 0 Å². The van der Waals surface area contributed by atoms with Gasteiger partial charge in [0, 0.05) is 33.1 Å². The summed E-state index contributed by atoms with van der Waals surface area (Å²) < 4.78 is 5.14. The van der Waals surface area contributed by atoms with Crippen molar-refractivity contribution in [2.45, 2.75) is 37.8 Å². The number of nitrogens with one attached hydrogen (secondary N) is 1. The van der Waals surface area contributed by atoms with Gasteiger partial charge in [0.15, 0.2) is 0 Å². The first-order valence-electron chi connectivity index (χ1n) is 6.23. The van der Waals surface area contributed by atoms with Crippen molar-refractivity contribution < 1.29 is 24.5 Å². The molecule has 3 N–H and O–H groups in total. The Morgan fingerprint density at radius 3 is 2.32 bits per heavy atom. The van der Waals surface area contributed by atoms with Gasteiger partial charge >= 0.3 is 12.0 Å². The van der Waals surface area contributed by atoms with E-state index in [0.717, 1.165) is 0 Å². The fourth-order valence-corrected chi connectivity index (χ4v) is 1.78. The maximum atomic E-state index is 12.1. The SMILES string of the molecule is CN(C(=O)NC1(C(=O)O)CCOCC1)C(C)(C)CO. The first-order valence-corrected chi connectivity index (χ1v) is 6.23. The molecule has 0 aromatic rings. The van der Waals surface area contributed by atoms with E-state index in [4.69, 9.17) is 4.74 Å². The predicted molar refractivity (Wildman–Crippen MR) is 67.9 cm³/mol. The Morgan fingerprint density at radius 2 is 1.89 bits per heavy atom. The van der Waals surface area contributed by atoms with Crippen molar-refractivity contribution in [3.05, 3.63) is 0 Å². The quantitative estimate of drug-likeness (QED) is 0.672. The lowest BCUT2D eigenvalue weighted by Crippen LogP contribution is -2.62. The number of amides is 2. The average Bonchev–Trinajstić information content (AvgIpc) is 2.38. The number of aliphatic carboxylic acids is 1. The first-order chi connectivity index (χ1) is 8.75. The highest BCUT2D eigenvalue weighted by molar-refractivity contribution is 5.86. The van der Waals surface area contributed by atoms with Crippen LogP contribution in [0, 0.1) is 0 Å². The zero-order valence-corrected chi connectivity index (χ0v) is 11.6. The number of carbonyl (C=O) groups is 2. The van der Waals surface area contributed by atoms with Crippen LogP contribution >= 0.6 is 0 Å². The van der Waals surface area contributed by atoms with Crippen LogP contribution in [0.4, 0.5) is 4.79 Å². The molecule has 1 aliphatic heterocycles. The fraction of sp³-hybridized carbons (Fsp3) is 0.833. The molecular formula is C12H22N2O5. The average molecular weight is 274 g/mol. The minimum atomic E-state index is -1.28. The van der Waals surface area contributed by atoms with E-state index >= 15 is 0 Å². The van der Waals surface area contributed by atoms with E-state index in [1.807, 2.05) is 0 Å². The molecule has 1 rings (SSSR count). The third kappa shape index (κ3) is 3.36. The molecule has 1 fully saturated rings. The molecule has 0 saturated carbocycles. The van der Waals surface area contributed by atoms with Gasteiger partial charge in [-0.2, -0.15) is 0 Å². The summed E-state index contributed by atoms with van der Waals surface area (Å²) in [6.07, 6.45) is 0.475. The van der Waals surface area contributed by atoms with Crippen LogP contribution in [-0.2, 0) is 9.53 Å². The van der Waals surface area contributed by atoms with Crippen LogP contribution in [0.5, 0.6) is 0 Å². The smallest absolute Gasteiger partial charge is 0.329 e. The standard InChI is InChI=1S/C12H22N2O5/c1-11(2,8-15)14(3)10(18)13-12(9(16)17)4-6-19-7-5-12/h15H,4-8H2,1-3H3,(H,13,18)(H,16,17). The Labute approximate surface area is 112 Å². The Morgan fingerprint density at radius 1 is 1.37 bits per heavy atom. The molecule has 1 aliphatic rings. The molecule has 0 spiro atoms. The summed E-state index contributed by atoms with van der Waals surface area (Å²) in [5.74, 6) is -1.06. The lowest BCUT2D eigenvalue weighted by atomic mass is 9.90. The van der Waals surface area contributed by atoms with Crippen molar-refractivity contribution in [2.75, 3.05) is 26.9 Å². The second-order valence-electron chi connectivity index (χ2n) is 5.46. The minimum Gasteiger partial charge on any atom is -0.480 e. The number of likely N-dealkylation sites (N-methyl/N-ethyl adjacent to an activating group) is 1. The Kier molecular flexibility index (Phi) is 4.75. The van der Waals surface area contributed by atoms with Crippen LogP contribution in [0.25, 0.3) is 0 Å². The summed E-state index contributed by atoms with van der Waals surface area (Å²) >= 11 is 0. The monoisotopic (exact) mass is 274 g/mol. The van der Waals surface area contributed by atoms with Gasteiger partial charge in [-0.1, -0.05) is 0 Å². The molecule has 0 aromatic heterocycles. The Bertz CT molecular complexity index is 350. The number of rotatable bonds is 4. The van der Waals surface area contributed by atoms with Crippen LogP contribution in [0.3, 0.4) is 0 Å². The van der Waals surface area contributed by atoms with Gasteiger partial charge in [0.1, 0.15) is 5.54 Å². The number of aliphatic hydroxyl groups excluding tert-OH is 1. The van der Waals surface area contributed by atoms with Gasteiger partial charge in [-0.05, 0) is 13.8 Å². The number of hydrogen-bond donors (Lipinski definition) is 3. The highest BCUT2D eigenvalue weighted by atomic mass is 16.5. The van der Waals surface area contributed by atoms with Crippen LogP contribution < -0.4 is 5.32 Å². The molecule has 0 atom stereocenters. The number of carboxylic acids is 1. The molecule has 1 saturated heterocycles. The molecule has 0 aromatic carbocycles. The maximum Gasteiger partial charge on any atom is 0.329 e. The molecule has 1 heterocycles. The lowest BCUT2D eigenvalue weighted by Gasteiger charge is -2.39. The normalized spacial score (nSPS) is 18.7. The van der Waals surface area contributed by atoms with E-state index in [0.29, 0.717) is 13.2 Å². The molecule has 7 nitrogen and oxygen atoms in total. The van der Waals surface area contributed by atoms with Gasteiger partial charge < -0.3 is 25.2 Å². The Balaban J connectivity index is 2.80. The molecule has 0 radical (unpaired) electrons. The molecule has 2 amide bonds. The number of nitrogens with zero attached hydrogens (tertiary/aromatic N) is 1. The summed E-state index contributed by atoms with van der Waals surface area (Å²) in [4.78, 5) is 24.9. The van der Waals surface area contributed by atoms with Crippen LogP contribution in [0.1, 0.15) is 26.7 Å². The van der Waals surface area contributed by atoms with Gasteiger partial charge in [0.05, 0.1) is 12.1 Å². The van der Waals surface area contributed by atoms with E-state index in [-0.39, 0.29) is 19.4 Å². The third-order valence-corrected chi connectivity index (χ3v) is 3.70. The zero-order valence-electron chi connectivity index (χ0n) is 11.6. The number of ether oxygens (including phenoxy) is 1. The molecule has 0 bridgehead atoms. The third-order valence-electron chi connectivity index (χ3n) is 3.70. The van der Waals surface area contributed by atoms with Gasteiger partial charge in [0.2, 0.25) is 0 Å². The van der Waals surface area contributed by atoms with Crippen molar-refractivity contribution in [1.29, 1.82) is 0 Å². The molecule has 110 valence electrons. The maximum absolute atomic E-state index is 12.1. The highest BCUT2D eigenvalue weighted by Crippen LogP contribution is 2.22. The zero-order chi connectivity index (χ0) is 14.7.